The number of carbonyl (C=O) groups is 1. The van der Waals surface area contributed by atoms with Gasteiger partial charge in [0.2, 0.25) is 0 Å². The van der Waals surface area contributed by atoms with Gasteiger partial charge in [-0.1, -0.05) is 17.7 Å². The molecule has 2 rings (SSSR count). The highest BCUT2D eigenvalue weighted by Gasteiger charge is 2.14. The number of benzene rings is 2. The zero-order valence-corrected chi connectivity index (χ0v) is 14.4. The summed E-state index contributed by atoms with van der Waals surface area (Å²) in [6.45, 7) is 3.98. The van der Waals surface area contributed by atoms with Crippen molar-refractivity contribution in [1.29, 1.82) is 0 Å². The molecule has 0 bridgehead atoms. The van der Waals surface area contributed by atoms with Gasteiger partial charge >= 0.3 is 0 Å². The molecule has 2 N–H and O–H groups in total. The summed E-state index contributed by atoms with van der Waals surface area (Å²) in [6.07, 6.45) is 0. The lowest BCUT2D eigenvalue weighted by atomic mass is 10.1. The second-order valence-corrected chi connectivity index (χ2v) is 6.12. The first-order chi connectivity index (χ1) is 9.92. The monoisotopic (exact) mass is 366 g/mol. The summed E-state index contributed by atoms with van der Waals surface area (Å²) in [5.74, 6) is -0.200. The Morgan fingerprint density at radius 2 is 1.90 bits per heavy atom. The lowest BCUT2D eigenvalue weighted by molar-refractivity contribution is 0.102. The number of carbonyl (C=O) groups excluding carboxylic acids is 1. The summed E-state index contributed by atoms with van der Waals surface area (Å²) in [6, 6.07) is 9.18. The summed E-state index contributed by atoms with van der Waals surface area (Å²) in [5, 5.41) is 6.46. The van der Waals surface area contributed by atoms with E-state index in [1.54, 1.807) is 25.2 Å². The van der Waals surface area contributed by atoms with Crippen LogP contribution < -0.4 is 10.6 Å². The predicted octanol–water partition coefficient (Wildman–Crippen LogP) is 5.01. The van der Waals surface area contributed by atoms with Crippen molar-refractivity contribution in [2.45, 2.75) is 13.8 Å². The van der Waals surface area contributed by atoms with Crippen LogP contribution in [0, 0.1) is 13.8 Å². The summed E-state index contributed by atoms with van der Waals surface area (Å²) in [4.78, 5) is 12.5. The maximum absolute atomic E-state index is 12.5. The molecule has 0 aromatic heterocycles. The molecule has 0 spiro atoms. The normalized spacial score (nSPS) is 10.3. The van der Waals surface area contributed by atoms with Gasteiger partial charge in [-0.3, -0.25) is 4.79 Å². The fraction of sp³-hybridized carbons (Fsp3) is 0.188. The van der Waals surface area contributed by atoms with Crippen molar-refractivity contribution >= 4 is 44.8 Å². The minimum Gasteiger partial charge on any atom is -0.387 e. The number of aryl methyl sites for hydroxylation is 2. The van der Waals surface area contributed by atoms with Crippen LogP contribution in [-0.4, -0.2) is 13.0 Å². The van der Waals surface area contributed by atoms with Crippen LogP contribution in [0.3, 0.4) is 0 Å². The largest absolute Gasteiger partial charge is 0.387 e. The lowest BCUT2D eigenvalue weighted by Gasteiger charge is -2.14. The predicted molar refractivity (Wildman–Crippen MR) is 92.6 cm³/mol. The molecule has 3 nitrogen and oxygen atoms in total. The first-order valence-electron chi connectivity index (χ1n) is 6.47. The number of nitrogens with one attached hydrogen (secondary N) is 2. The number of rotatable bonds is 3. The number of hydrogen-bond donors (Lipinski definition) is 2. The van der Waals surface area contributed by atoms with Gasteiger partial charge in [-0.25, -0.2) is 0 Å². The first-order valence-corrected chi connectivity index (χ1v) is 7.65. The Morgan fingerprint density at radius 1 is 1.19 bits per heavy atom. The maximum atomic E-state index is 12.5. The molecule has 0 aliphatic heterocycles. The van der Waals surface area contributed by atoms with Crippen molar-refractivity contribution in [2.75, 3.05) is 17.7 Å². The molecule has 21 heavy (non-hydrogen) atoms. The summed E-state index contributed by atoms with van der Waals surface area (Å²) >= 11 is 9.48. The van der Waals surface area contributed by atoms with Gasteiger partial charge in [0.15, 0.2) is 0 Å². The molecule has 0 radical (unpaired) electrons. The van der Waals surface area contributed by atoms with Gasteiger partial charge in [0.25, 0.3) is 5.91 Å². The highest BCUT2D eigenvalue weighted by molar-refractivity contribution is 9.10. The van der Waals surface area contributed by atoms with Gasteiger partial charge in [-0.05, 0) is 65.2 Å². The molecule has 0 aliphatic carbocycles. The Labute approximate surface area is 137 Å². The van der Waals surface area contributed by atoms with Gasteiger partial charge in [0.1, 0.15) is 0 Å². The van der Waals surface area contributed by atoms with Crippen LogP contribution >= 0.6 is 27.5 Å². The number of amides is 1. The summed E-state index contributed by atoms with van der Waals surface area (Å²) in [5.41, 5.74) is 4.15. The highest BCUT2D eigenvalue weighted by Crippen LogP contribution is 2.29. The van der Waals surface area contributed by atoms with Crippen molar-refractivity contribution in [3.63, 3.8) is 0 Å². The topological polar surface area (TPSA) is 41.1 Å². The van der Waals surface area contributed by atoms with Crippen LogP contribution in [0.2, 0.25) is 5.02 Å². The van der Waals surface area contributed by atoms with Crippen molar-refractivity contribution in [3.05, 3.63) is 56.5 Å². The average Bonchev–Trinajstić information content (AvgIpc) is 2.42. The zero-order chi connectivity index (χ0) is 15.6. The lowest BCUT2D eigenvalue weighted by Crippen LogP contribution is -2.15. The second-order valence-electron chi connectivity index (χ2n) is 4.83. The quantitative estimate of drug-likeness (QED) is 0.800. The molecule has 5 heteroatoms. The second kappa shape index (κ2) is 6.50. The number of hydrogen-bond acceptors (Lipinski definition) is 2. The molecule has 110 valence electrons. The Kier molecular flexibility index (Phi) is 4.91. The smallest absolute Gasteiger partial charge is 0.257 e. The Bertz CT molecular complexity index is 678. The van der Waals surface area contributed by atoms with Crippen LogP contribution in [0.15, 0.2) is 34.8 Å². The fourth-order valence-corrected chi connectivity index (χ4v) is 3.12. The van der Waals surface area contributed by atoms with Crippen molar-refractivity contribution < 1.29 is 4.79 Å². The van der Waals surface area contributed by atoms with E-state index >= 15 is 0 Å². The third-order valence-electron chi connectivity index (χ3n) is 3.17. The average molecular weight is 368 g/mol. The van der Waals surface area contributed by atoms with Crippen LogP contribution in [0.5, 0.6) is 0 Å². The van der Waals surface area contributed by atoms with E-state index in [4.69, 9.17) is 11.6 Å². The molecule has 0 saturated heterocycles. The fourth-order valence-electron chi connectivity index (χ4n) is 2.18. The third kappa shape index (κ3) is 3.57. The molecular formula is C16H16BrClN2O. The van der Waals surface area contributed by atoms with E-state index < -0.39 is 0 Å². The minimum atomic E-state index is -0.200. The Morgan fingerprint density at radius 3 is 2.52 bits per heavy atom. The van der Waals surface area contributed by atoms with Crippen LogP contribution in [-0.2, 0) is 0 Å². The molecular weight excluding hydrogens is 352 g/mol. The van der Waals surface area contributed by atoms with E-state index in [1.165, 1.54) is 0 Å². The molecule has 0 heterocycles. The van der Waals surface area contributed by atoms with E-state index in [9.17, 15) is 4.79 Å². The van der Waals surface area contributed by atoms with Crippen LogP contribution in [0.4, 0.5) is 11.4 Å². The SMILES string of the molecule is CNc1ccc(Cl)cc1C(=O)Nc1c(C)cc(C)cc1Br. The van der Waals surface area contributed by atoms with Crippen LogP contribution in [0.25, 0.3) is 0 Å². The molecule has 0 saturated carbocycles. The molecule has 2 aromatic carbocycles. The van der Waals surface area contributed by atoms with Gasteiger partial charge in [0, 0.05) is 22.2 Å². The van der Waals surface area contributed by atoms with Crippen molar-refractivity contribution in [1.82, 2.24) is 0 Å². The van der Waals surface area contributed by atoms with Gasteiger partial charge in [-0.2, -0.15) is 0 Å². The summed E-state index contributed by atoms with van der Waals surface area (Å²) in [7, 11) is 1.77. The van der Waals surface area contributed by atoms with E-state index in [-0.39, 0.29) is 5.91 Å². The minimum absolute atomic E-state index is 0.200. The highest BCUT2D eigenvalue weighted by atomic mass is 79.9. The number of anilines is 2. The van der Waals surface area contributed by atoms with Crippen molar-refractivity contribution in [3.8, 4) is 0 Å². The first kappa shape index (κ1) is 15.9. The molecule has 0 atom stereocenters. The van der Waals surface area contributed by atoms with E-state index in [0.717, 1.165) is 27.0 Å². The maximum Gasteiger partial charge on any atom is 0.257 e. The van der Waals surface area contributed by atoms with E-state index in [2.05, 4.69) is 26.6 Å². The van der Waals surface area contributed by atoms with Crippen molar-refractivity contribution in [2.24, 2.45) is 0 Å². The van der Waals surface area contributed by atoms with Crippen LogP contribution in [0.1, 0.15) is 21.5 Å². The third-order valence-corrected chi connectivity index (χ3v) is 4.03. The number of halogens is 2. The zero-order valence-electron chi connectivity index (χ0n) is 12.1. The molecule has 1 amide bonds. The molecule has 0 unspecified atom stereocenters. The Hall–Kier alpha value is -1.52. The van der Waals surface area contributed by atoms with Gasteiger partial charge in [0.05, 0.1) is 11.3 Å². The standard InChI is InChI=1S/C16H16BrClN2O/c1-9-6-10(2)15(13(17)7-9)20-16(21)12-8-11(18)4-5-14(12)19-3/h4-8,19H,1-3H3,(H,20,21). The van der Waals surface area contributed by atoms with E-state index in [0.29, 0.717) is 10.6 Å². The Balaban J connectivity index is 2.37. The molecule has 0 aliphatic rings. The molecule has 2 aromatic rings. The van der Waals surface area contributed by atoms with Gasteiger partial charge in [-0.15, -0.1) is 0 Å². The summed E-state index contributed by atoms with van der Waals surface area (Å²) < 4.78 is 0.862. The van der Waals surface area contributed by atoms with E-state index in [1.807, 2.05) is 26.0 Å². The molecule has 0 fully saturated rings. The van der Waals surface area contributed by atoms with Gasteiger partial charge < -0.3 is 10.6 Å².